The fourth-order valence-corrected chi connectivity index (χ4v) is 2.23. The molecule has 0 spiro atoms. The molecule has 0 aliphatic heterocycles. The van der Waals surface area contributed by atoms with Crippen molar-refractivity contribution in [1.29, 1.82) is 0 Å². The predicted octanol–water partition coefficient (Wildman–Crippen LogP) is 2.10. The maximum Gasteiger partial charge on any atom is 0.263 e. The molecule has 108 valence electrons. The van der Waals surface area contributed by atoms with Crippen LogP contribution in [0.2, 0.25) is 0 Å². The van der Waals surface area contributed by atoms with Crippen molar-refractivity contribution >= 4 is 22.4 Å². The number of hydrogen-bond acceptors (Lipinski definition) is 5. The molecule has 1 heterocycles. The molecule has 0 fully saturated rings. The van der Waals surface area contributed by atoms with Gasteiger partial charge in [-0.2, -0.15) is 0 Å². The molecular formula is C13H23N3O2S. The van der Waals surface area contributed by atoms with Crippen LogP contribution >= 0.6 is 11.3 Å². The van der Waals surface area contributed by atoms with E-state index in [-0.39, 0.29) is 12.5 Å². The van der Waals surface area contributed by atoms with Gasteiger partial charge in [0.15, 0.2) is 5.13 Å². The third-order valence-electron chi connectivity index (χ3n) is 2.83. The first-order valence-corrected chi connectivity index (χ1v) is 7.30. The lowest BCUT2D eigenvalue weighted by Gasteiger charge is -2.24. The van der Waals surface area contributed by atoms with E-state index in [4.69, 9.17) is 0 Å². The van der Waals surface area contributed by atoms with Crippen molar-refractivity contribution in [2.75, 3.05) is 18.9 Å². The van der Waals surface area contributed by atoms with E-state index in [1.54, 1.807) is 14.0 Å². The molecule has 19 heavy (non-hydrogen) atoms. The lowest BCUT2D eigenvalue weighted by molar-refractivity contribution is 0.0430. The number of rotatable bonds is 7. The topological polar surface area (TPSA) is 74.2 Å². The van der Waals surface area contributed by atoms with Crippen LogP contribution in [0.3, 0.4) is 0 Å². The van der Waals surface area contributed by atoms with Crippen LogP contribution in [0.15, 0.2) is 6.20 Å². The normalized spacial score (nSPS) is 14.2. The zero-order valence-electron chi connectivity index (χ0n) is 12.0. The number of carbonyl (C=O) groups is 1. The number of thiazole rings is 1. The molecule has 0 aromatic carbocycles. The number of hydrogen-bond donors (Lipinski definition) is 3. The maximum absolute atomic E-state index is 11.9. The number of nitrogens with one attached hydrogen (secondary N) is 2. The van der Waals surface area contributed by atoms with Gasteiger partial charge in [-0.3, -0.25) is 4.79 Å². The average Bonchev–Trinajstić information content (AvgIpc) is 2.82. The van der Waals surface area contributed by atoms with Crippen molar-refractivity contribution in [3.8, 4) is 0 Å². The Morgan fingerprint density at radius 1 is 1.58 bits per heavy atom. The summed E-state index contributed by atoms with van der Waals surface area (Å²) in [6.45, 7) is 6.24. The van der Waals surface area contributed by atoms with E-state index in [0.29, 0.717) is 22.3 Å². The summed E-state index contributed by atoms with van der Waals surface area (Å²) >= 11 is 1.29. The first kappa shape index (κ1) is 15.9. The third-order valence-corrected chi connectivity index (χ3v) is 3.85. The van der Waals surface area contributed by atoms with Crippen LogP contribution in [0.25, 0.3) is 0 Å². The molecule has 0 saturated heterocycles. The Bertz CT molecular complexity index is 416. The van der Waals surface area contributed by atoms with Crippen LogP contribution in [0.5, 0.6) is 0 Å². The van der Waals surface area contributed by atoms with Crippen LogP contribution in [0.4, 0.5) is 5.13 Å². The smallest absolute Gasteiger partial charge is 0.263 e. The van der Waals surface area contributed by atoms with Gasteiger partial charge in [-0.25, -0.2) is 4.98 Å². The highest BCUT2D eigenvalue weighted by Gasteiger charge is 2.22. The molecule has 0 bridgehead atoms. The van der Waals surface area contributed by atoms with E-state index in [0.717, 1.165) is 6.42 Å². The van der Waals surface area contributed by atoms with Crippen molar-refractivity contribution in [2.24, 2.45) is 5.92 Å². The van der Waals surface area contributed by atoms with Crippen LogP contribution in [-0.4, -0.2) is 35.2 Å². The summed E-state index contributed by atoms with van der Waals surface area (Å²) in [4.78, 5) is 16.5. The molecule has 1 aromatic rings. The van der Waals surface area contributed by atoms with Gasteiger partial charge in [0, 0.05) is 13.6 Å². The van der Waals surface area contributed by atoms with Gasteiger partial charge in [0.05, 0.1) is 11.8 Å². The van der Waals surface area contributed by atoms with Crippen LogP contribution in [-0.2, 0) is 0 Å². The van der Waals surface area contributed by atoms with E-state index in [1.807, 2.05) is 0 Å². The average molecular weight is 285 g/mol. The highest BCUT2D eigenvalue weighted by Crippen LogP contribution is 2.18. The molecule has 0 saturated carbocycles. The molecule has 1 aromatic heterocycles. The summed E-state index contributed by atoms with van der Waals surface area (Å²) < 4.78 is 0. The summed E-state index contributed by atoms with van der Waals surface area (Å²) in [5, 5.41) is 16.5. The Morgan fingerprint density at radius 3 is 2.79 bits per heavy atom. The second-order valence-electron chi connectivity index (χ2n) is 5.39. The van der Waals surface area contributed by atoms with Crippen LogP contribution in [0, 0.1) is 5.92 Å². The zero-order chi connectivity index (χ0) is 14.5. The number of carbonyl (C=O) groups excluding carboxylic acids is 1. The lowest BCUT2D eigenvalue weighted by atomic mass is 9.95. The quantitative estimate of drug-likeness (QED) is 0.717. The number of amides is 1. The minimum absolute atomic E-state index is 0.191. The molecule has 1 atom stereocenters. The van der Waals surface area contributed by atoms with E-state index < -0.39 is 5.60 Å². The summed E-state index contributed by atoms with van der Waals surface area (Å²) in [6, 6.07) is 0. The number of anilines is 1. The molecule has 1 unspecified atom stereocenters. The molecule has 1 amide bonds. The standard InChI is InChI=1S/C13H23N3O2S/c1-9(2)5-6-13(3,18)8-16-11(17)10-7-15-12(14-4)19-10/h7,9,18H,5-6,8H2,1-4H3,(H,14,15)(H,16,17). The predicted molar refractivity (Wildman–Crippen MR) is 78.7 cm³/mol. The van der Waals surface area contributed by atoms with E-state index in [1.165, 1.54) is 17.5 Å². The van der Waals surface area contributed by atoms with E-state index >= 15 is 0 Å². The molecule has 0 aliphatic rings. The molecule has 1 rings (SSSR count). The summed E-state index contributed by atoms with van der Waals surface area (Å²) in [5.74, 6) is 0.352. The van der Waals surface area contributed by atoms with Gasteiger partial charge in [0.2, 0.25) is 0 Å². The molecule has 0 aliphatic carbocycles. The van der Waals surface area contributed by atoms with Gasteiger partial charge in [-0.15, -0.1) is 0 Å². The second kappa shape index (κ2) is 6.86. The number of aromatic nitrogens is 1. The Balaban J connectivity index is 2.44. The Kier molecular flexibility index (Phi) is 5.75. The SMILES string of the molecule is CNc1ncc(C(=O)NCC(C)(O)CCC(C)C)s1. The number of aliphatic hydroxyl groups is 1. The minimum Gasteiger partial charge on any atom is -0.388 e. The van der Waals surface area contributed by atoms with Crippen molar-refractivity contribution in [2.45, 2.75) is 39.2 Å². The van der Waals surface area contributed by atoms with Crippen molar-refractivity contribution in [3.63, 3.8) is 0 Å². The van der Waals surface area contributed by atoms with Gasteiger partial charge >= 0.3 is 0 Å². The fourth-order valence-electron chi connectivity index (χ4n) is 1.54. The monoisotopic (exact) mass is 285 g/mol. The van der Waals surface area contributed by atoms with Gasteiger partial charge in [-0.1, -0.05) is 25.2 Å². The largest absolute Gasteiger partial charge is 0.388 e. The summed E-state index contributed by atoms with van der Waals surface area (Å²) in [6.07, 6.45) is 3.15. The Hall–Kier alpha value is -1.14. The highest BCUT2D eigenvalue weighted by atomic mass is 32.1. The Morgan fingerprint density at radius 2 is 2.26 bits per heavy atom. The van der Waals surface area contributed by atoms with Crippen LogP contribution in [0.1, 0.15) is 43.3 Å². The van der Waals surface area contributed by atoms with Gasteiger partial charge < -0.3 is 15.7 Å². The third kappa shape index (κ3) is 5.57. The van der Waals surface area contributed by atoms with Gasteiger partial charge in [-0.05, 0) is 25.7 Å². The summed E-state index contributed by atoms with van der Waals surface area (Å²) in [5.41, 5.74) is -0.865. The first-order chi connectivity index (χ1) is 8.84. The van der Waals surface area contributed by atoms with E-state index in [9.17, 15) is 9.90 Å². The van der Waals surface area contributed by atoms with Crippen molar-refractivity contribution < 1.29 is 9.90 Å². The van der Waals surface area contributed by atoms with Crippen molar-refractivity contribution in [3.05, 3.63) is 11.1 Å². The fraction of sp³-hybridized carbons (Fsp3) is 0.692. The van der Waals surface area contributed by atoms with Crippen LogP contribution < -0.4 is 10.6 Å². The molecular weight excluding hydrogens is 262 g/mol. The number of nitrogens with zero attached hydrogens (tertiary/aromatic N) is 1. The summed E-state index contributed by atoms with van der Waals surface area (Å²) in [7, 11) is 1.76. The first-order valence-electron chi connectivity index (χ1n) is 6.48. The molecule has 3 N–H and O–H groups in total. The molecule has 0 radical (unpaired) electrons. The lowest BCUT2D eigenvalue weighted by Crippen LogP contribution is -2.40. The second-order valence-corrected chi connectivity index (χ2v) is 6.42. The minimum atomic E-state index is -0.865. The molecule has 6 heteroatoms. The molecule has 5 nitrogen and oxygen atoms in total. The maximum atomic E-state index is 11.9. The zero-order valence-corrected chi connectivity index (χ0v) is 12.8. The highest BCUT2D eigenvalue weighted by molar-refractivity contribution is 7.17. The Labute approximate surface area is 118 Å². The van der Waals surface area contributed by atoms with E-state index in [2.05, 4.69) is 29.5 Å². The van der Waals surface area contributed by atoms with Gasteiger partial charge in [0.1, 0.15) is 4.88 Å². The van der Waals surface area contributed by atoms with Crippen molar-refractivity contribution in [1.82, 2.24) is 10.3 Å². The van der Waals surface area contributed by atoms with Gasteiger partial charge in [0.25, 0.3) is 5.91 Å².